The highest BCUT2D eigenvalue weighted by Gasteiger charge is 2.37. The Hall–Kier alpha value is -3.37. The van der Waals surface area contributed by atoms with Gasteiger partial charge in [-0.1, -0.05) is 32.1 Å². The monoisotopic (exact) mass is 643 g/mol. The number of benzene rings is 2. The molecule has 0 spiro atoms. The summed E-state index contributed by atoms with van der Waals surface area (Å²) in [6, 6.07) is 8.98. The molecule has 2 aromatic carbocycles. The van der Waals surface area contributed by atoms with Gasteiger partial charge in [0.2, 0.25) is 5.91 Å². The third-order valence-corrected chi connectivity index (χ3v) is 8.39. The highest BCUT2D eigenvalue weighted by Crippen LogP contribution is 2.45. The van der Waals surface area contributed by atoms with E-state index in [-0.39, 0.29) is 17.7 Å². The number of morpholine rings is 1. The van der Waals surface area contributed by atoms with E-state index in [0.29, 0.717) is 63.8 Å². The number of amides is 1. The van der Waals surface area contributed by atoms with Crippen molar-refractivity contribution >= 4 is 49.0 Å². The van der Waals surface area contributed by atoms with E-state index >= 15 is 0 Å². The average Bonchev–Trinajstić information content (AvgIpc) is 3.35. The number of halogens is 2. The molecule has 10 nitrogen and oxygen atoms in total. The molecule has 4 N–H and O–H groups in total. The summed E-state index contributed by atoms with van der Waals surface area (Å²) in [5, 5.41) is 15.2. The van der Waals surface area contributed by atoms with Crippen molar-refractivity contribution in [3.8, 4) is 28.4 Å². The van der Waals surface area contributed by atoms with Crippen LogP contribution in [0.15, 0.2) is 48.2 Å². The standard InChI is InChI=1S/C30H32Cl2N5O5P/c1-16(7-17(13-34-39)28(33)38)21-11-22-25(12-24(21)40-4)42-14-23-26(29(43)36-5-6-41-15-30(36,2)3)35-37(27(22)23)20-9-18(31)8-19(32)10-20/h7-13,34,39,43H,5-6,14-15H2,1-4H3,(H2,33,38)/b16-7+,17-13+. The highest BCUT2D eigenvalue weighted by molar-refractivity contribution is 7.21. The molecular formula is C30H32Cl2N5O5P. The molecule has 0 radical (unpaired) electrons. The summed E-state index contributed by atoms with van der Waals surface area (Å²) in [7, 11) is 5.49. The lowest BCUT2D eigenvalue weighted by Gasteiger charge is -2.42. The van der Waals surface area contributed by atoms with Crippen molar-refractivity contribution in [3.05, 3.63) is 75.0 Å². The van der Waals surface area contributed by atoms with Crippen molar-refractivity contribution in [3.63, 3.8) is 0 Å². The van der Waals surface area contributed by atoms with Crippen LogP contribution < -0.4 is 20.7 Å². The molecule has 1 saturated heterocycles. The number of nitrogens with two attached hydrogens (primary N) is 1. The lowest BCUT2D eigenvalue weighted by Crippen LogP contribution is -2.55. The lowest BCUT2D eigenvalue weighted by atomic mass is 9.95. The van der Waals surface area contributed by atoms with Gasteiger partial charge < -0.3 is 19.9 Å². The molecular weight excluding hydrogens is 612 g/mol. The van der Waals surface area contributed by atoms with Crippen LogP contribution in [0, 0.1) is 0 Å². The summed E-state index contributed by atoms with van der Waals surface area (Å²) in [4.78, 5) is 14.2. The lowest BCUT2D eigenvalue weighted by molar-refractivity contribution is -0.114. The molecule has 0 atom stereocenters. The Balaban J connectivity index is 1.75. The SMILES string of the molecule is COc1cc2c(cc1/C(C)=C/C(=C\NO)C(N)=O)-c1c(c(C(=P)N3CCOCC3(C)C)nn1-c1cc(Cl)cc(Cl)c1)CO2. The van der Waals surface area contributed by atoms with Gasteiger partial charge in [-0.05, 0) is 56.7 Å². The number of hydrogen-bond donors (Lipinski definition) is 3. The van der Waals surface area contributed by atoms with Gasteiger partial charge in [0, 0.05) is 51.1 Å². The van der Waals surface area contributed by atoms with E-state index in [1.54, 1.807) is 37.5 Å². The fraction of sp³-hybridized carbons (Fsp3) is 0.300. The number of hydrogen-bond acceptors (Lipinski definition) is 7. The van der Waals surface area contributed by atoms with Gasteiger partial charge in [0.25, 0.3) is 0 Å². The molecule has 5 rings (SSSR count). The molecule has 0 unspecified atom stereocenters. The Kier molecular flexibility index (Phi) is 8.90. The Morgan fingerprint density at radius 1 is 1.23 bits per heavy atom. The van der Waals surface area contributed by atoms with E-state index in [9.17, 15) is 4.79 Å². The molecule has 226 valence electrons. The summed E-state index contributed by atoms with van der Waals surface area (Å²) in [5.74, 6) is 0.401. The fourth-order valence-electron chi connectivity index (χ4n) is 5.36. The summed E-state index contributed by atoms with van der Waals surface area (Å²) in [6.07, 6.45) is 2.67. The number of carbonyl (C=O) groups is 1. The normalized spacial score (nSPS) is 16.6. The largest absolute Gasteiger partial charge is 0.496 e. The van der Waals surface area contributed by atoms with Crippen molar-refractivity contribution in [1.29, 1.82) is 0 Å². The Labute approximate surface area is 261 Å². The van der Waals surface area contributed by atoms with Crippen LogP contribution in [0.5, 0.6) is 11.5 Å². The van der Waals surface area contributed by atoms with Gasteiger partial charge in [-0.2, -0.15) is 5.10 Å². The third kappa shape index (κ3) is 6.04. The smallest absolute Gasteiger partial charge is 0.250 e. The number of rotatable bonds is 8. The number of fused-ring (bicyclic) bond motifs is 3. The maximum Gasteiger partial charge on any atom is 0.250 e. The minimum absolute atomic E-state index is 0.0732. The van der Waals surface area contributed by atoms with Gasteiger partial charge in [0.1, 0.15) is 23.8 Å². The predicted octanol–water partition coefficient (Wildman–Crippen LogP) is 5.23. The number of ether oxygens (including phenoxy) is 3. The summed E-state index contributed by atoms with van der Waals surface area (Å²) in [5.41, 5.74) is 13.1. The van der Waals surface area contributed by atoms with Crippen molar-refractivity contribution in [2.24, 2.45) is 5.73 Å². The minimum atomic E-state index is -0.713. The van der Waals surface area contributed by atoms with E-state index in [1.165, 1.54) is 0 Å². The number of primary amides is 1. The maximum atomic E-state index is 12.0. The van der Waals surface area contributed by atoms with Crippen LogP contribution >= 0.6 is 32.1 Å². The number of allylic oxidation sites excluding steroid dienone is 1. The second kappa shape index (κ2) is 12.3. The molecule has 43 heavy (non-hydrogen) atoms. The second-order valence-electron chi connectivity index (χ2n) is 10.8. The fourth-order valence-corrected chi connectivity index (χ4v) is 6.49. The van der Waals surface area contributed by atoms with E-state index in [2.05, 4.69) is 27.6 Å². The summed E-state index contributed by atoms with van der Waals surface area (Å²) < 4.78 is 19.6. The van der Waals surface area contributed by atoms with Gasteiger partial charge in [0.05, 0.1) is 42.7 Å². The number of methoxy groups -OCH3 is 1. The molecule has 0 saturated carbocycles. The number of nitrogens with zero attached hydrogens (tertiary/aromatic N) is 3. The van der Waals surface area contributed by atoms with Crippen molar-refractivity contribution in [1.82, 2.24) is 20.2 Å². The molecule has 1 fully saturated rings. The van der Waals surface area contributed by atoms with E-state index in [0.717, 1.165) is 28.4 Å². The second-order valence-corrected chi connectivity index (χ2v) is 12.2. The summed E-state index contributed by atoms with van der Waals surface area (Å²) >= 11 is 12.9. The van der Waals surface area contributed by atoms with Gasteiger partial charge in [-0.3, -0.25) is 20.4 Å². The molecule has 2 aliphatic heterocycles. The van der Waals surface area contributed by atoms with Crippen LogP contribution in [0.3, 0.4) is 0 Å². The maximum absolute atomic E-state index is 12.0. The Morgan fingerprint density at radius 3 is 2.58 bits per heavy atom. The van der Waals surface area contributed by atoms with Gasteiger partial charge in [0.15, 0.2) is 0 Å². The molecule has 0 bridgehead atoms. The zero-order valence-electron chi connectivity index (χ0n) is 24.1. The number of nitrogens with one attached hydrogen (secondary N) is 1. The highest BCUT2D eigenvalue weighted by atomic mass is 35.5. The zero-order valence-corrected chi connectivity index (χ0v) is 26.6. The van der Waals surface area contributed by atoms with Gasteiger partial charge in [-0.25, -0.2) is 4.68 Å². The molecule has 1 aromatic heterocycles. The summed E-state index contributed by atoms with van der Waals surface area (Å²) in [6.45, 7) is 8.13. The van der Waals surface area contributed by atoms with E-state index in [4.69, 9.17) is 53.5 Å². The first-order valence-corrected chi connectivity index (χ1v) is 14.7. The molecule has 13 heteroatoms. The number of aromatic nitrogens is 2. The molecule has 0 aliphatic carbocycles. The van der Waals surface area contributed by atoms with Crippen molar-refractivity contribution in [2.75, 3.05) is 26.9 Å². The molecule has 3 heterocycles. The van der Waals surface area contributed by atoms with Crippen LogP contribution in [0.25, 0.3) is 22.5 Å². The van der Waals surface area contributed by atoms with Crippen molar-refractivity contribution < 1.29 is 24.2 Å². The average molecular weight is 644 g/mol. The van der Waals surface area contributed by atoms with Crippen LogP contribution in [0.2, 0.25) is 10.0 Å². The quantitative estimate of drug-likeness (QED) is 0.132. The van der Waals surface area contributed by atoms with E-state index in [1.807, 2.05) is 23.2 Å². The first-order chi connectivity index (χ1) is 20.4. The van der Waals surface area contributed by atoms with E-state index < -0.39 is 5.91 Å². The molecule has 1 amide bonds. The Bertz CT molecular complexity index is 1660. The number of carbonyl (C=O) groups excluding carboxylic acids is 1. The number of hydroxylamine groups is 1. The third-order valence-electron chi connectivity index (χ3n) is 7.45. The predicted molar refractivity (Wildman–Crippen MR) is 170 cm³/mol. The first-order valence-electron chi connectivity index (χ1n) is 13.4. The van der Waals surface area contributed by atoms with Crippen LogP contribution in [-0.4, -0.2) is 63.6 Å². The van der Waals surface area contributed by atoms with Crippen LogP contribution in [-0.2, 0) is 16.1 Å². The van der Waals surface area contributed by atoms with Crippen molar-refractivity contribution in [2.45, 2.75) is 32.9 Å². The Morgan fingerprint density at radius 2 is 1.95 bits per heavy atom. The van der Waals surface area contributed by atoms with Crippen LogP contribution in [0.1, 0.15) is 37.6 Å². The topological polar surface area (TPSA) is 124 Å². The van der Waals surface area contributed by atoms with Crippen LogP contribution in [0.4, 0.5) is 0 Å². The zero-order chi connectivity index (χ0) is 31.1. The van der Waals surface area contributed by atoms with Gasteiger partial charge >= 0.3 is 0 Å². The van der Waals surface area contributed by atoms with Gasteiger partial charge in [-0.15, -0.1) is 0 Å². The first kappa shape index (κ1) is 31.1. The minimum Gasteiger partial charge on any atom is -0.496 e. The molecule has 3 aromatic rings. The molecule has 2 aliphatic rings.